The van der Waals surface area contributed by atoms with Crippen molar-refractivity contribution in [1.82, 2.24) is 4.98 Å². The molecule has 0 saturated heterocycles. The van der Waals surface area contributed by atoms with Crippen LogP contribution in [-0.2, 0) is 0 Å². The van der Waals surface area contributed by atoms with Gasteiger partial charge in [-0.15, -0.1) is 0 Å². The Balaban J connectivity index is 2.41. The molecular weight excluding hydrogens is 210 g/mol. The molecule has 0 aliphatic rings. The van der Waals surface area contributed by atoms with Crippen molar-refractivity contribution in [3.05, 3.63) is 36.5 Å². The Morgan fingerprint density at radius 1 is 1.24 bits per heavy atom. The van der Waals surface area contributed by atoms with Crippen LogP contribution in [0.1, 0.15) is 13.8 Å². The van der Waals surface area contributed by atoms with Crippen LogP contribution in [0.25, 0.3) is 10.8 Å². The van der Waals surface area contributed by atoms with Gasteiger partial charge in [0.1, 0.15) is 5.82 Å². The van der Waals surface area contributed by atoms with Crippen molar-refractivity contribution in [1.29, 1.82) is 0 Å². The lowest BCUT2D eigenvalue weighted by atomic mass is 10.1. The topological polar surface area (TPSA) is 42.1 Å². The number of fused-ring (bicyclic) bond motifs is 1. The molecule has 0 amide bonds. The summed E-state index contributed by atoms with van der Waals surface area (Å²) in [5.41, 5.74) is 5.82. The van der Waals surface area contributed by atoms with E-state index in [1.807, 2.05) is 45.3 Å². The number of benzene rings is 1. The first-order valence-corrected chi connectivity index (χ1v) is 5.81. The van der Waals surface area contributed by atoms with E-state index in [0.717, 1.165) is 12.4 Å². The van der Waals surface area contributed by atoms with E-state index in [0.29, 0.717) is 0 Å². The molecule has 0 aliphatic heterocycles. The van der Waals surface area contributed by atoms with Gasteiger partial charge in [0, 0.05) is 30.7 Å². The summed E-state index contributed by atoms with van der Waals surface area (Å²) in [6.07, 6.45) is 1.84. The zero-order chi connectivity index (χ0) is 12.5. The summed E-state index contributed by atoms with van der Waals surface area (Å²) in [5, 5.41) is 2.38. The second kappa shape index (κ2) is 4.34. The fourth-order valence-electron chi connectivity index (χ4n) is 2.09. The van der Waals surface area contributed by atoms with Crippen LogP contribution in [0.5, 0.6) is 0 Å². The number of rotatable bonds is 3. The van der Waals surface area contributed by atoms with E-state index in [9.17, 15) is 0 Å². The highest BCUT2D eigenvalue weighted by Gasteiger charge is 2.16. The van der Waals surface area contributed by atoms with Crippen molar-refractivity contribution in [3.63, 3.8) is 0 Å². The molecule has 90 valence electrons. The van der Waals surface area contributed by atoms with Crippen LogP contribution in [0.4, 0.5) is 5.82 Å². The third-order valence-corrected chi connectivity index (χ3v) is 2.66. The summed E-state index contributed by atoms with van der Waals surface area (Å²) < 4.78 is 0. The summed E-state index contributed by atoms with van der Waals surface area (Å²) in [6.45, 7) is 4.82. The summed E-state index contributed by atoms with van der Waals surface area (Å²) in [7, 11) is 2.03. The Morgan fingerprint density at radius 2 is 1.94 bits per heavy atom. The van der Waals surface area contributed by atoms with Gasteiger partial charge in [-0.25, -0.2) is 4.98 Å². The molecule has 0 radical (unpaired) electrons. The number of hydrogen-bond acceptors (Lipinski definition) is 3. The number of anilines is 1. The molecular formula is C14H19N3. The zero-order valence-corrected chi connectivity index (χ0v) is 10.6. The first kappa shape index (κ1) is 11.9. The molecule has 0 unspecified atom stereocenters. The predicted molar refractivity (Wildman–Crippen MR) is 73.3 cm³/mol. The minimum Gasteiger partial charge on any atom is -0.357 e. The lowest BCUT2D eigenvalue weighted by Gasteiger charge is -2.28. The SMILES string of the molecule is CN(CC(C)(C)N)c1nccc2ccccc12. The molecule has 0 saturated carbocycles. The van der Waals surface area contributed by atoms with E-state index >= 15 is 0 Å². The fourth-order valence-corrected chi connectivity index (χ4v) is 2.09. The van der Waals surface area contributed by atoms with Gasteiger partial charge in [-0.3, -0.25) is 0 Å². The molecule has 0 atom stereocenters. The molecule has 1 aromatic heterocycles. The molecule has 17 heavy (non-hydrogen) atoms. The molecule has 0 bridgehead atoms. The van der Waals surface area contributed by atoms with Crippen molar-refractivity contribution >= 4 is 16.6 Å². The average molecular weight is 229 g/mol. The lowest BCUT2D eigenvalue weighted by Crippen LogP contribution is -2.44. The first-order chi connectivity index (χ1) is 7.97. The lowest BCUT2D eigenvalue weighted by molar-refractivity contribution is 0.518. The molecule has 3 heteroatoms. The standard InChI is InChI=1S/C14H19N3/c1-14(2,15)10-17(3)13-12-7-5-4-6-11(12)8-9-16-13/h4-9H,10,15H2,1-3H3. The molecule has 0 spiro atoms. The first-order valence-electron chi connectivity index (χ1n) is 5.81. The van der Waals surface area contributed by atoms with Crippen molar-refractivity contribution < 1.29 is 0 Å². The van der Waals surface area contributed by atoms with Crippen LogP contribution in [0, 0.1) is 0 Å². The van der Waals surface area contributed by atoms with E-state index < -0.39 is 0 Å². The highest BCUT2D eigenvalue weighted by Crippen LogP contribution is 2.23. The van der Waals surface area contributed by atoms with Gasteiger partial charge < -0.3 is 10.6 Å². The van der Waals surface area contributed by atoms with Crippen LogP contribution in [-0.4, -0.2) is 24.1 Å². The Kier molecular flexibility index (Phi) is 3.03. The average Bonchev–Trinajstić information content (AvgIpc) is 2.26. The number of likely N-dealkylation sites (N-methyl/N-ethyl adjacent to an activating group) is 1. The smallest absolute Gasteiger partial charge is 0.136 e. The molecule has 0 fully saturated rings. The second-order valence-electron chi connectivity index (χ2n) is 5.20. The van der Waals surface area contributed by atoms with Crippen LogP contribution >= 0.6 is 0 Å². The molecule has 0 aliphatic carbocycles. The quantitative estimate of drug-likeness (QED) is 0.878. The summed E-state index contributed by atoms with van der Waals surface area (Å²) >= 11 is 0. The monoisotopic (exact) mass is 229 g/mol. The largest absolute Gasteiger partial charge is 0.357 e. The molecule has 3 nitrogen and oxygen atoms in total. The number of nitrogens with zero attached hydrogens (tertiary/aromatic N) is 2. The van der Waals surface area contributed by atoms with Crippen LogP contribution in [0.15, 0.2) is 36.5 Å². The maximum Gasteiger partial charge on any atom is 0.136 e. The van der Waals surface area contributed by atoms with Gasteiger partial charge >= 0.3 is 0 Å². The Labute approximate surface area is 102 Å². The Morgan fingerprint density at radius 3 is 2.65 bits per heavy atom. The van der Waals surface area contributed by atoms with Crippen molar-refractivity contribution in [2.45, 2.75) is 19.4 Å². The molecule has 1 aromatic carbocycles. The second-order valence-corrected chi connectivity index (χ2v) is 5.20. The normalized spacial score (nSPS) is 11.8. The van der Waals surface area contributed by atoms with Crippen molar-refractivity contribution in [3.8, 4) is 0 Å². The predicted octanol–water partition coefficient (Wildman–Crippen LogP) is 2.41. The van der Waals surface area contributed by atoms with Gasteiger partial charge in [-0.1, -0.05) is 24.3 Å². The van der Waals surface area contributed by atoms with E-state index in [1.54, 1.807) is 0 Å². The summed E-state index contributed by atoms with van der Waals surface area (Å²) in [6, 6.07) is 10.3. The zero-order valence-electron chi connectivity index (χ0n) is 10.6. The van der Waals surface area contributed by atoms with Gasteiger partial charge in [0.25, 0.3) is 0 Å². The van der Waals surface area contributed by atoms with E-state index in [-0.39, 0.29) is 5.54 Å². The number of hydrogen-bond donors (Lipinski definition) is 1. The van der Waals surface area contributed by atoms with Gasteiger partial charge in [0.05, 0.1) is 0 Å². The Hall–Kier alpha value is -1.61. The summed E-state index contributed by atoms with van der Waals surface area (Å²) in [4.78, 5) is 6.57. The number of aromatic nitrogens is 1. The van der Waals surface area contributed by atoms with Gasteiger partial charge in [0.2, 0.25) is 0 Å². The van der Waals surface area contributed by atoms with E-state index in [4.69, 9.17) is 5.73 Å². The molecule has 2 aromatic rings. The number of pyridine rings is 1. The van der Waals surface area contributed by atoms with Crippen molar-refractivity contribution in [2.24, 2.45) is 5.73 Å². The highest BCUT2D eigenvalue weighted by molar-refractivity contribution is 5.91. The highest BCUT2D eigenvalue weighted by atomic mass is 15.2. The minimum atomic E-state index is -0.229. The summed E-state index contributed by atoms with van der Waals surface area (Å²) in [5.74, 6) is 0.988. The number of nitrogens with two attached hydrogens (primary N) is 1. The van der Waals surface area contributed by atoms with Crippen molar-refractivity contribution in [2.75, 3.05) is 18.5 Å². The molecule has 1 heterocycles. The maximum absolute atomic E-state index is 6.05. The van der Waals surface area contributed by atoms with Crippen LogP contribution < -0.4 is 10.6 Å². The molecule has 2 N–H and O–H groups in total. The van der Waals surface area contributed by atoms with E-state index in [1.165, 1.54) is 10.8 Å². The fraction of sp³-hybridized carbons (Fsp3) is 0.357. The minimum absolute atomic E-state index is 0.229. The van der Waals surface area contributed by atoms with Crippen LogP contribution in [0.3, 0.4) is 0 Å². The van der Waals surface area contributed by atoms with Crippen LogP contribution in [0.2, 0.25) is 0 Å². The van der Waals surface area contributed by atoms with E-state index in [2.05, 4.69) is 22.0 Å². The maximum atomic E-state index is 6.05. The Bertz CT molecular complexity index is 509. The third kappa shape index (κ3) is 2.74. The third-order valence-electron chi connectivity index (χ3n) is 2.66. The molecule has 2 rings (SSSR count). The van der Waals surface area contributed by atoms with Gasteiger partial charge in [-0.05, 0) is 25.3 Å². The van der Waals surface area contributed by atoms with Gasteiger partial charge in [-0.2, -0.15) is 0 Å². The van der Waals surface area contributed by atoms with Gasteiger partial charge in [0.15, 0.2) is 0 Å².